The summed E-state index contributed by atoms with van der Waals surface area (Å²) in [6.45, 7) is 2.79. The molecule has 0 aliphatic carbocycles. The number of halogens is 2. The minimum atomic E-state index is -0.448. The van der Waals surface area contributed by atoms with Crippen LogP contribution in [-0.4, -0.2) is 23.8 Å². The average Bonchev–Trinajstić information content (AvgIpc) is 3.00. The molecule has 0 bridgehead atoms. The molecule has 3 rings (SSSR count). The van der Waals surface area contributed by atoms with Crippen LogP contribution in [0.1, 0.15) is 21.5 Å². The van der Waals surface area contributed by atoms with Gasteiger partial charge in [0.05, 0.1) is 5.02 Å². The summed E-state index contributed by atoms with van der Waals surface area (Å²) < 4.78 is 13.1. The molecule has 2 aromatic carbocycles. The van der Waals surface area contributed by atoms with Gasteiger partial charge in [0.1, 0.15) is 5.82 Å². The second-order valence-corrected chi connectivity index (χ2v) is 5.72. The Morgan fingerprint density at radius 3 is 2.41 bits per heavy atom. The largest absolute Gasteiger partial charge is 0.292 e. The highest BCUT2D eigenvalue weighted by atomic mass is 35.5. The molecule has 4 heteroatoms. The summed E-state index contributed by atoms with van der Waals surface area (Å²) in [5.41, 5.74) is 2.03. The zero-order valence-electron chi connectivity index (χ0n) is 11.9. The van der Waals surface area contributed by atoms with Crippen molar-refractivity contribution in [1.29, 1.82) is 0 Å². The van der Waals surface area contributed by atoms with Gasteiger partial charge in [0.2, 0.25) is 0 Å². The summed E-state index contributed by atoms with van der Waals surface area (Å²) >= 11 is 5.94. The molecule has 0 unspecified atom stereocenters. The van der Waals surface area contributed by atoms with Crippen molar-refractivity contribution in [3.8, 4) is 0 Å². The number of nitrogens with zero attached hydrogens (tertiary/aromatic N) is 1. The number of rotatable bonds is 4. The van der Waals surface area contributed by atoms with Gasteiger partial charge < -0.3 is 0 Å². The van der Waals surface area contributed by atoms with E-state index >= 15 is 0 Å². The number of hydrogen-bond donors (Lipinski definition) is 0. The fourth-order valence-electron chi connectivity index (χ4n) is 2.50. The van der Waals surface area contributed by atoms with Crippen molar-refractivity contribution in [2.24, 2.45) is 0 Å². The van der Waals surface area contributed by atoms with Crippen molar-refractivity contribution in [1.82, 2.24) is 4.90 Å². The molecule has 0 aromatic heterocycles. The first-order valence-corrected chi connectivity index (χ1v) is 7.47. The zero-order valence-corrected chi connectivity index (χ0v) is 12.7. The quantitative estimate of drug-likeness (QED) is 0.626. The lowest BCUT2D eigenvalue weighted by molar-refractivity contribution is 0.103. The minimum absolute atomic E-state index is 0.136. The van der Waals surface area contributed by atoms with Crippen molar-refractivity contribution in [3.05, 3.63) is 82.1 Å². The predicted molar refractivity (Wildman–Crippen MR) is 85.7 cm³/mol. The maximum Gasteiger partial charge on any atom is 0.194 e. The topological polar surface area (TPSA) is 20.3 Å². The third-order valence-electron chi connectivity index (χ3n) is 3.69. The molecule has 0 N–H and O–H groups in total. The van der Waals surface area contributed by atoms with E-state index in [4.69, 9.17) is 11.6 Å². The summed E-state index contributed by atoms with van der Waals surface area (Å²) in [6, 6.07) is 11.3. The van der Waals surface area contributed by atoms with E-state index in [1.54, 1.807) is 12.1 Å². The highest BCUT2D eigenvalue weighted by molar-refractivity contribution is 6.35. The molecule has 0 saturated carbocycles. The SMILES string of the molecule is O=C(c1ccc(CN2CC=CC2)cc1)c1ccc(F)cc1Cl. The normalized spacial score (nSPS) is 14.5. The molecule has 0 amide bonds. The first-order valence-electron chi connectivity index (χ1n) is 7.09. The Morgan fingerprint density at radius 2 is 1.77 bits per heavy atom. The van der Waals surface area contributed by atoms with Crippen molar-refractivity contribution in [2.45, 2.75) is 6.54 Å². The number of benzene rings is 2. The molecule has 0 atom stereocenters. The van der Waals surface area contributed by atoms with Crippen LogP contribution in [0.3, 0.4) is 0 Å². The van der Waals surface area contributed by atoms with E-state index < -0.39 is 5.82 Å². The number of hydrogen-bond acceptors (Lipinski definition) is 2. The molecular weight excluding hydrogens is 301 g/mol. The molecule has 0 spiro atoms. The van der Waals surface area contributed by atoms with E-state index in [9.17, 15) is 9.18 Å². The van der Waals surface area contributed by atoms with Crippen LogP contribution < -0.4 is 0 Å². The highest BCUT2D eigenvalue weighted by Crippen LogP contribution is 2.21. The summed E-state index contributed by atoms with van der Waals surface area (Å²) in [5.74, 6) is -0.643. The Hall–Kier alpha value is -1.97. The molecule has 1 heterocycles. The van der Waals surface area contributed by atoms with Crippen molar-refractivity contribution in [2.75, 3.05) is 13.1 Å². The Labute approximate surface area is 133 Å². The van der Waals surface area contributed by atoms with Gasteiger partial charge in [-0.1, -0.05) is 48.0 Å². The summed E-state index contributed by atoms with van der Waals surface area (Å²) in [6.07, 6.45) is 4.29. The third kappa shape index (κ3) is 3.26. The van der Waals surface area contributed by atoms with Crippen LogP contribution in [0.15, 0.2) is 54.6 Å². The summed E-state index contributed by atoms with van der Waals surface area (Å²) in [4.78, 5) is 14.7. The van der Waals surface area contributed by atoms with Crippen molar-refractivity contribution < 1.29 is 9.18 Å². The van der Waals surface area contributed by atoms with Crippen molar-refractivity contribution >= 4 is 17.4 Å². The summed E-state index contributed by atoms with van der Waals surface area (Å²) in [7, 11) is 0. The van der Waals surface area contributed by atoms with E-state index in [2.05, 4.69) is 17.1 Å². The molecule has 0 fully saturated rings. The van der Waals surface area contributed by atoms with Crippen LogP contribution in [0.4, 0.5) is 4.39 Å². The van der Waals surface area contributed by atoms with Gasteiger partial charge in [-0.2, -0.15) is 0 Å². The lowest BCUT2D eigenvalue weighted by Crippen LogP contribution is -2.19. The van der Waals surface area contributed by atoms with Crippen LogP contribution in [0.5, 0.6) is 0 Å². The minimum Gasteiger partial charge on any atom is -0.292 e. The Balaban J connectivity index is 1.75. The molecule has 0 radical (unpaired) electrons. The monoisotopic (exact) mass is 315 g/mol. The molecular formula is C18H15ClFNO. The first kappa shape index (κ1) is 14.9. The molecule has 2 nitrogen and oxygen atoms in total. The number of carbonyl (C=O) groups is 1. The Bertz CT molecular complexity index is 716. The molecule has 112 valence electrons. The van der Waals surface area contributed by atoms with Crippen molar-refractivity contribution in [3.63, 3.8) is 0 Å². The van der Waals surface area contributed by atoms with Crippen LogP contribution in [0, 0.1) is 5.82 Å². The highest BCUT2D eigenvalue weighted by Gasteiger charge is 2.14. The van der Waals surface area contributed by atoms with E-state index in [0.717, 1.165) is 31.3 Å². The third-order valence-corrected chi connectivity index (χ3v) is 4.00. The number of ketones is 1. The van der Waals surface area contributed by atoms with Gasteiger partial charge in [-0.15, -0.1) is 0 Å². The second kappa shape index (κ2) is 6.42. The fraction of sp³-hybridized carbons (Fsp3) is 0.167. The van der Waals surface area contributed by atoms with Crippen LogP contribution >= 0.6 is 11.6 Å². The molecule has 0 saturated heterocycles. The van der Waals surface area contributed by atoms with E-state index in [1.165, 1.54) is 12.1 Å². The van der Waals surface area contributed by atoms with Gasteiger partial charge in [-0.05, 0) is 23.8 Å². The predicted octanol–water partition coefficient (Wildman–Crippen LogP) is 4.08. The zero-order chi connectivity index (χ0) is 15.5. The van der Waals surface area contributed by atoms with E-state index in [1.807, 2.05) is 12.1 Å². The van der Waals surface area contributed by atoms with Gasteiger partial charge in [0, 0.05) is 30.8 Å². The first-order chi connectivity index (χ1) is 10.6. The maximum atomic E-state index is 13.1. The fourth-order valence-corrected chi connectivity index (χ4v) is 2.75. The molecule has 1 aliphatic heterocycles. The molecule has 22 heavy (non-hydrogen) atoms. The summed E-state index contributed by atoms with van der Waals surface area (Å²) in [5, 5.41) is 0.136. The second-order valence-electron chi connectivity index (χ2n) is 5.32. The molecule has 2 aromatic rings. The Kier molecular flexibility index (Phi) is 4.36. The maximum absolute atomic E-state index is 13.1. The van der Waals surface area contributed by atoms with Gasteiger partial charge >= 0.3 is 0 Å². The van der Waals surface area contributed by atoms with Crippen LogP contribution in [0.25, 0.3) is 0 Å². The average molecular weight is 316 g/mol. The van der Waals surface area contributed by atoms with E-state index in [0.29, 0.717) is 11.1 Å². The lowest BCUT2D eigenvalue weighted by Gasteiger charge is -2.14. The van der Waals surface area contributed by atoms with Gasteiger partial charge in [-0.3, -0.25) is 9.69 Å². The Morgan fingerprint density at radius 1 is 1.09 bits per heavy atom. The van der Waals surface area contributed by atoms with Crippen LogP contribution in [-0.2, 0) is 6.54 Å². The van der Waals surface area contributed by atoms with Crippen LogP contribution in [0.2, 0.25) is 5.02 Å². The molecule has 1 aliphatic rings. The smallest absolute Gasteiger partial charge is 0.194 e. The lowest BCUT2D eigenvalue weighted by atomic mass is 10.0. The van der Waals surface area contributed by atoms with Gasteiger partial charge in [0.15, 0.2) is 5.78 Å². The standard InChI is InChI=1S/C18H15ClFNO/c19-17-11-15(20)7-8-16(17)18(22)14-5-3-13(4-6-14)12-21-9-1-2-10-21/h1-8,11H,9-10,12H2. The van der Waals surface area contributed by atoms with Gasteiger partial charge in [-0.25, -0.2) is 4.39 Å². The number of carbonyl (C=O) groups excluding carboxylic acids is 1. The van der Waals surface area contributed by atoms with E-state index in [-0.39, 0.29) is 10.8 Å². The van der Waals surface area contributed by atoms with Gasteiger partial charge in [0.25, 0.3) is 0 Å².